The Kier molecular flexibility index (Phi) is 2.98. The molecule has 2 bridgehead atoms. The number of amides is 1. The minimum atomic E-state index is 0.00928. The zero-order valence-corrected chi connectivity index (χ0v) is 13.1. The summed E-state index contributed by atoms with van der Waals surface area (Å²) in [7, 11) is 0. The first-order valence-electron chi connectivity index (χ1n) is 8.70. The summed E-state index contributed by atoms with van der Waals surface area (Å²) in [5, 5.41) is 3.23. The molecule has 4 fully saturated rings. The van der Waals surface area contributed by atoms with Gasteiger partial charge in [-0.3, -0.25) is 4.79 Å². The molecule has 1 saturated carbocycles. The molecule has 1 aliphatic carbocycles. The van der Waals surface area contributed by atoms with Crippen molar-refractivity contribution in [3.63, 3.8) is 0 Å². The number of aromatic nitrogens is 1. The number of carbonyl (C=O) groups excluding carboxylic acids is 1. The minimum Gasteiger partial charge on any atom is -0.440 e. The van der Waals surface area contributed by atoms with Crippen LogP contribution in [0.4, 0.5) is 0 Å². The second-order valence-corrected chi connectivity index (χ2v) is 7.23. The highest BCUT2D eigenvalue weighted by molar-refractivity contribution is 5.97. The summed E-state index contributed by atoms with van der Waals surface area (Å²) >= 11 is 0. The number of hydrogen-bond donors (Lipinski definition) is 1. The Labute approximate surface area is 135 Å². The Hall–Kier alpha value is -1.88. The van der Waals surface area contributed by atoms with Crippen molar-refractivity contribution < 1.29 is 9.21 Å². The van der Waals surface area contributed by atoms with E-state index < -0.39 is 0 Å². The Morgan fingerprint density at radius 1 is 1.22 bits per heavy atom. The third-order valence-corrected chi connectivity index (χ3v) is 5.57. The lowest BCUT2D eigenvalue weighted by atomic mass is 9.84. The lowest BCUT2D eigenvalue weighted by Crippen LogP contribution is -2.57. The van der Waals surface area contributed by atoms with Crippen LogP contribution >= 0.6 is 0 Å². The molecular weight excluding hydrogens is 290 g/mol. The highest BCUT2D eigenvalue weighted by atomic mass is 16.3. The molecule has 1 amide bonds. The van der Waals surface area contributed by atoms with Gasteiger partial charge in [0.1, 0.15) is 5.52 Å². The minimum absolute atomic E-state index is 0.00928. The van der Waals surface area contributed by atoms with Gasteiger partial charge < -0.3 is 14.6 Å². The fraction of sp³-hybridized carbons (Fsp3) is 0.556. The van der Waals surface area contributed by atoms with Gasteiger partial charge >= 0.3 is 0 Å². The first-order valence-corrected chi connectivity index (χ1v) is 8.70. The van der Waals surface area contributed by atoms with Gasteiger partial charge in [-0.2, -0.15) is 0 Å². The zero-order valence-electron chi connectivity index (χ0n) is 13.1. The lowest BCUT2D eigenvalue weighted by molar-refractivity contribution is 0.0620. The number of oxazole rings is 1. The van der Waals surface area contributed by atoms with Gasteiger partial charge in [-0.05, 0) is 62.9 Å². The topological polar surface area (TPSA) is 58.4 Å². The molecule has 23 heavy (non-hydrogen) atoms. The molecule has 3 saturated heterocycles. The van der Waals surface area contributed by atoms with Crippen LogP contribution in [0.1, 0.15) is 47.8 Å². The third-order valence-electron chi connectivity index (χ3n) is 5.57. The molecule has 0 spiro atoms. The standard InChI is InChI=1S/C18H21N3O2/c22-17(19-15-10-21-7-5-11(15)6-8-21)13-3-4-14-16(9-13)23-18(20-14)12-1-2-12/h3-4,9,11-12,15H,1-2,5-8,10H2,(H,19,22). The van der Waals surface area contributed by atoms with Crippen LogP contribution in [0.2, 0.25) is 0 Å². The van der Waals surface area contributed by atoms with Crippen molar-refractivity contribution >= 4 is 17.0 Å². The van der Waals surface area contributed by atoms with Crippen LogP contribution in [-0.2, 0) is 0 Å². The van der Waals surface area contributed by atoms with Crippen molar-refractivity contribution in [1.29, 1.82) is 0 Å². The van der Waals surface area contributed by atoms with Crippen molar-refractivity contribution in [3.8, 4) is 0 Å². The predicted octanol–water partition coefficient (Wildman–Crippen LogP) is 2.53. The van der Waals surface area contributed by atoms with Gasteiger partial charge in [0.2, 0.25) is 0 Å². The van der Waals surface area contributed by atoms with Gasteiger partial charge in [0, 0.05) is 24.1 Å². The van der Waals surface area contributed by atoms with Crippen molar-refractivity contribution in [2.75, 3.05) is 19.6 Å². The van der Waals surface area contributed by atoms with Gasteiger partial charge in [0.15, 0.2) is 11.5 Å². The Bertz CT molecular complexity index is 757. The van der Waals surface area contributed by atoms with Gasteiger partial charge in [-0.15, -0.1) is 0 Å². The maximum atomic E-state index is 12.6. The van der Waals surface area contributed by atoms with Crippen LogP contribution in [0.15, 0.2) is 22.6 Å². The van der Waals surface area contributed by atoms with E-state index in [9.17, 15) is 4.79 Å². The summed E-state index contributed by atoms with van der Waals surface area (Å²) in [5.74, 6) is 1.97. The summed E-state index contributed by atoms with van der Waals surface area (Å²) in [5.41, 5.74) is 2.26. The average Bonchev–Trinajstić information content (AvgIpc) is 3.35. The average molecular weight is 311 g/mol. The smallest absolute Gasteiger partial charge is 0.251 e. The van der Waals surface area contributed by atoms with Gasteiger partial charge in [-0.25, -0.2) is 4.98 Å². The van der Waals surface area contributed by atoms with E-state index in [1.807, 2.05) is 18.2 Å². The van der Waals surface area contributed by atoms with E-state index in [0.717, 1.165) is 23.5 Å². The predicted molar refractivity (Wildman–Crippen MR) is 86.4 cm³/mol. The molecule has 4 aliphatic rings. The van der Waals surface area contributed by atoms with Gasteiger partial charge in [0.05, 0.1) is 0 Å². The van der Waals surface area contributed by atoms with E-state index in [-0.39, 0.29) is 11.9 Å². The number of piperidine rings is 3. The SMILES string of the molecule is O=C(NC1CN2CCC1CC2)c1ccc2nc(C3CC3)oc2c1. The first kappa shape index (κ1) is 13.5. The summed E-state index contributed by atoms with van der Waals surface area (Å²) in [6, 6.07) is 5.89. The summed E-state index contributed by atoms with van der Waals surface area (Å²) in [4.78, 5) is 19.6. The van der Waals surface area contributed by atoms with E-state index in [1.54, 1.807) is 0 Å². The molecule has 5 heteroatoms. The quantitative estimate of drug-likeness (QED) is 0.946. The summed E-state index contributed by atoms with van der Waals surface area (Å²) < 4.78 is 5.82. The fourth-order valence-corrected chi connectivity index (χ4v) is 3.97. The molecule has 120 valence electrons. The molecule has 6 rings (SSSR count). The maximum Gasteiger partial charge on any atom is 0.251 e. The Morgan fingerprint density at radius 2 is 2.04 bits per heavy atom. The van der Waals surface area contributed by atoms with Crippen LogP contribution in [-0.4, -0.2) is 41.5 Å². The zero-order chi connectivity index (χ0) is 15.4. The molecule has 1 N–H and O–H groups in total. The lowest BCUT2D eigenvalue weighted by Gasteiger charge is -2.44. The first-order chi connectivity index (χ1) is 11.3. The van der Waals surface area contributed by atoms with E-state index in [0.29, 0.717) is 17.4 Å². The molecule has 4 heterocycles. The highest BCUT2D eigenvalue weighted by Crippen LogP contribution is 2.40. The van der Waals surface area contributed by atoms with E-state index >= 15 is 0 Å². The second-order valence-electron chi connectivity index (χ2n) is 7.23. The van der Waals surface area contributed by atoms with Crippen LogP contribution in [0.3, 0.4) is 0 Å². The van der Waals surface area contributed by atoms with Crippen molar-refractivity contribution in [1.82, 2.24) is 15.2 Å². The molecule has 5 nitrogen and oxygen atoms in total. The monoisotopic (exact) mass is 311 g/mol. The molecule has 3 aliphatic heterocycles. The molecular formula is C18H21N3O2. The van der Waals surface area contributed by atoms with Crippen LogP contribution < -0.4 is 5.32 Å². The van der Waals surface area contributed by atoms with Crippen LogP contribution in [0.25, 0.3) is 11.1 Å². The summed E-state index contributed by atoms with van der Waals surface area (Å²) in [6.45, 7) is 3.36. The molecule has 1 atom stereocenters. The highest BCUT2D eigenvalue weighted by Gasteiger charge is 2.35. The number of hydrogen-bond acceptors (Lipinski definition) is 4. The number of benzene rings is 1. The molecule has 1 unspecified atom stereocenters. The maximum absolute atomic E-state index is 12.6. The van der Waals surface area contributed by atoms with Crippen molar-refractivity contribution in [2.24, 2.45) is 5.92 Å². The third kappa shape index (κ3) is 2.43. The van der Waals surface area contributed by atoms with Gasteiger partial charge in [0.25, 0.3) is 5.91 Å². The molecule has 1 aromatic carbocycles. The summed E-state index contributed by atoms with van der Waals surface area (Å²) in [6.07, 6.45) is 4.74. The number of nitrogens with zero attached hydrogens (tertiary/aromatic N) is 2. The number of rotatable bonds is 3. The molecule has 0 radical (unpaired) electrons. The molecule has 2 aromatic rings. The normalized spacial score (nSPS) is 29.8. The van der Waals surface area contributed by atoms with Gasteiger partial charge in [-0.1, -0.05) is 0 Å². The van der Waals surface area contributed by atoms with E-state index in [1.165, 1.54) is 38.8 Å². The number of nitrogens with one attached hydrogen (secondary N) is 1. The van der Waals surface area contributed by atoms with Crippen LogP contribution in [0.5, 0.6) is 0 Å². The number of fused-ring (bicyclic) bond motifs is 4. The number of carbonyl (C=O) groups is 1. The Morgan fingerprint density at radius 3 is 2.74 bits per heavy atom. The van der Waals surface area contributed by atoms with Crippen LogP contribution in [0, 0.1) is 5.92 Å². The van der Waals surface area contributed by atoms with E-state index in [4.69, 9.17) is 4.42 Å². The van der Waals surface area contributed by atoms with E-state index in [2.05, 4.69) is 15.2 Å². The van der Waals surface area contributed by atoms with Crippen molar-refractivity contribution in [3.05, 3.63) is 29.7 Å². The second kappa shape index (κ2) is 5.06. The van der Waals surface area contributed by atoms with Crippen molar-refractivity contribution in [2.45, 2.75) is 37.6 Å². The molecule has 1 aromatic heterocycles. The largest absolute Gasteiger partial charge is 0.440 e. The fourth-order valence-electron chi connectivity index (χ4n) is 3.97. The Balaban J connectivity index is 1.35.